The number of aryl methyl sites for hydroxylation is 2. The van der Waals surface area contributed by atoms with Crippen LogP contribution in [-0.4, -0.2) is 4.98 Å². The predicted octanol–water partition coefficient (Wildman–Crippen LogP) is 6.93. The summed E-state index contributed by atoms with van der Waals surface area (Å²) in [5.74, 6) is 0.848. The number of hydrogen-bond donors (Lipinski definition) is 0. The number of hydrogen-bond acceptors (Lipinski definition) is 2. The topological polar surface area (TPSA) is 26.0 Å². The van der Waals surface area contributed by atoms with Gasteiger partial charge in [0.1, 0.15) is 5.76 Å². The Morgan fingerprint density at radius 1 is 0.630 bits per heavy atom. The first kappa shape index (κ1) is 15.8. The largest absolute Gasteiger partial charge is 0.438 e. The standard InChI is InChI=1S/C25H19NO/c1-16-11-17(2)13-22(12-16)23-10-9-21-15-24(27-25(21)26-23)20-8-7-18-5-3-4-6-19(18)14-20/h3-15H,1-2H3. The predicted molar refractivity (Wildman–Crippen MR) is 112 cm³/mol. The highest BCUT2D eigenvalue weighted by Gasteiger charge is 2.10. The average Bonchev–Trinajstić information content (AvgIpc) is 3.10. The molecule has 0 aliphatic rings. The van der Waals surface area contributed by atoms with E-state index in [1.807, 2.05) is 0 Å². The van der Waals surface area contributed by atoms with Gasteiger partial charge in [0.25, 0.3) is 0 Å². The van der Waals surface area contributed by atoms with Crippen LogP contribution in [0.3, 0.4) is 0 Å². The fourth-order valence-electron chi connectivity index (χ4n) is 3.69. The molecule has 0 saturated heterocycles. The Hall–Kier alpha value is -3.39. The molecule has 27 heavy (non-hydrogen) atoms. The Bertz CT molecular complexity index is 1280. The summed E-state index contributed by atoms with van der Waals surface area (Å²) in [7, 11) is 0. The van der Waals surface area contributed by atoms with Crippen molar-refractivity contribution >= 4 is 21.9 Å². The van der Waals surface area contributed by atoms with Gasteiger partial charge in [-0.2, -0.15) is 0 Å². The molecule has 2 nitrogen and oxygen atoms in total. The van der Waals surface area contributed by atoms with Crippen molar-refractivity contribution in [2.45, 2.75) is 13.8 Å². The smallest absolute Gasteiger partial charge is 0.227 e. The van der Waals surface area contributed by atoms with Crippen LogP contribution < -0.4 is 0 Å². The van der Waals surface area contributed by atoms with E-state index < -0.39 is 0 Å². The monoisotopic (exact) mass is 349 g/mol. The SMILES string of the molecule is Cc1cc(C)cc(-c2ccc3cc(-c4ccc5ccccc5c4)oc3n2)c1. The first-order valence-electron chi connectivity index (χ1n) is 9.14. The maximum Gasteiger partial charge on any atom is 0.227 e. The lowest BCUT2D eigenvalue weighted by molar-refractivity contribution is 0.619. The Balaban J connectivity index is 1.60. The normalized spacial score (nSPS) is 11.3. The molecule has 0 unspecified atom stereocenters. The van der Waals surface area contributed by atoms with Crippen molar-refractivity contribution < 1.29 is 4.42 Å². The number of aromatic nitrogens is 1. The minimum Gasteiger partial charge on any atom is -0.438 e. The van der Waals surface area contributed by atoms with Crippen molar-refractivity contribution in [1.29, 1.82) is 0 Å². The lowest BCUT2D eigenvalue weighted by Gasteiger charge is -2.04. The molecule has 2 aromatic heterocycles. The van der Waals surface area contributed by atoms with Crippen LogP contribution in [-0.2, 0) is 0 Å². The van der Waals surface area contributed by atoms with Gasteiger partial charge in [-0.05, 0) is 61.0 Å². The average molecular weight is 349 g/mol. The number of fused-ring (bicyclic) bond motifs is 2. The van der Waals surface area contributed by atoms with Gasteiger partial charge in [-0.25, -0.2) is 4.98 Å². The van der Waals surface area contributed by atoms with Crippen LogP contribution in [0, 0.1) is 13.8 Å². The van der Waals surface area contributed by atoms with Gasteiger partial charge in [0.2, 0.25) is 5.71 Å². The molecule has 0 spiro atoms. The van der Waals surface area contributed by atoms with E-state index in [-0.39, 0.29) is 0 Å². The molecule has 5 rings (SSSR count). The number of pyridine rings is 1. The Kier molecular flexibility index (Phi) is 3.58. The Morgan fingerprint density at radius 2 is 1.37 bits per heavy atom. The molecule has 0 aliphatic heterocycles. The van der Waals surface area contributed by atoms with Gasteiger partial charge in [0, 0.05) is 16.5 Å². The van der Waals surface area contributed by atoms with Gasteiger partial charge in [-0.15, -0.1) is 0 Å². The van der Waals surface area contributed by atoms with E-state index in [2.05, 4.69) is 92.7 Å². The molecule has 0 N–H and O–H groups in total. The van der Waals surface area contributed by atoms with E-state index >= 15 is 0 Å². The third-order valence-electron chi connectivity index (χ3n) is 4.93. The molecule has 0 fully saturated rings. The molecule has 0 aliphatic carbocycles. The number of furan rings is 1. The fraction of sp³-hybridized carbons (Fsp3) is 0.0800. The second kappa shape index (κ2) is 6.10. The highest BCUT2D eigenvalue weighted by molar-refractivity contribution is 5.89. The Morgan fingerprint density at radius 3 is 2.19 bits per heavy atom. The summed E-state index contributed by atoms with van der Waals surface area (Å²) in [6.07, 6.45) is 0. The van der Waals surface area contributed by atoms with Gasteiger partial charge < -0.3 is 4.42 Å². The van der Waals surface area contributed by atoms with E-state index in [1.165, 1.54) is 21.9 Å². The highest BCUT2D eigenvalue weighted by Crippen LogP contribution is 2.31. The summed E-state index contributed by atoms with van der Waals surface area (Å²) in [4.78, 5) is 4.77. The summed E-state index contributed by atoms with van der Waals surface area (Å²) in [6.45, 7) is 4.22. The number of nitrogens with zero attached hydrogens (tertiary/aromatic N) is 1. The molecular formula is C25H19NO. The maximum atomic E-state index is 6.11. The third-order valence-corrected chi connectivity index (χ3v) is 4.93. The minimum absolute atomic E-state index is 0.676. The van der Waals surface area contributed by atoms with Crippen LogP contribution in [0.1, 0.15) is 11.1 Å². The van der Waals surface area contributed by atoms with Crippen LogP contribution in [0.15, 0.2) is 83.3 Å². The van der Waals surface area contributed by atoms with E-state index in [0.29, 0.717) is 5.71 Å². The molecule has 0 radical (unpaired) electrons. The van der Waals surface area contributed by atoms with Gasteiger partial charge >= 0.3 is 0 Å². The highest BCUT2D eigenvalue weighted by atomic mass is 16.3. The molecule has 2 heteroatoms. The zero-order valence-corrected chi connectivity index (χ0v) is 15.4. The summed E-state index contributed by atoms with van der Waals surface area (Å²) in [5, 5.41) is 3.46. The zero-order chi connectivity index (χ0) is 18.4. The molecule has 0 bridgehead atoms. The van der Waals surface area contributed by atoms with Crippen molar-refractivity contribution in [3.63, 3.8) is 0 Å². The molecule has 0 amide bonds. The molecule has 3 aromatic carbocycles. The number of benzene rings is 3. The lowest BCUT2D eigenvalue weighted by atomic mass is 10.0. The second-order valence-corrected chi connectivity index (χ2v) is 7.14. The van der Waals surface area contributed by atoms with E-state index in [1.54, 1.807) is 0 Å². The summed E-state index contributed by atoms with van der Waals surface area (Å²) in [5.41, 5.74) is 6.28. The number of rotatable bonds is 2. The van der Waals surface area contributed by atoms with Gasteiger partial charge in [0.05, 0.1) is 5.69 Å². The van der Waals surface area contributed by atoms with Crippen LogP contribution in [0.2, 0.25) is 0 Å². The molecule has 0 atom stereocenters. The van der Waals surface area contributed by atoms with Crippen LogP contribution >= 0.6 is 0 Å². The first-order chi connectivity index (χ1) is 13.2. The van der Waals surface area contributed by atoms with E-state index in [9.17, 15) is 0 Å². The fourth-order valence-corrected chi connectivity index (χ4v) is 3.69. The molecular weight excluding hydrogens is 330 g/mol. The van der Waals surface area contributed by atoms with Crippen molar-refractivity contribution in [1.82, 2.24) is 4.98 Å². The third kappa shape index (κ3) is 2.89. The van der Waals surface area contributed by atoms with Crippen molar-refractivity contribution in [2.75, 3.05) is 0 Å². The van der Waals surface area contributed by atoms with E-state index in [0.717, 1.165) is 28.0 Å². The van der Waals surface area contributed by atoms with E-state index in [4.69, 9.17) is 9.40 Å². The van der Waals surface area contributed by atoms with Gasteiger partial charge in [-0.3, -0.25) is 0 Å². The molecule has 5 aromatic rings. The minimum atomic E-state index is 0.676. The molecule has 130 valence electrons. The van der Waals surface area contributed by atoms with Crippen LogP contribution in [0.25, 0.3) is 44.5 Å². The Labute approximate surface area is 158 Å². The summed E-state index contributed by atoms with van der Waals surface area (Å²) in [6, 6.07) is 27.5. The lowest BCUT2D eigenvalue weighted by Crippen LogP contribution is -1.86. The summed E-state index contributed by atoms with van der Waals surface area (Å²) >= 11 is 0. The van der Waals surface area contributed by atoms with Crippen LogP contribution in [0.4, 0.5) is 0 Å². The quantitative estimate of drug-likeness (QED) is 0.345. The molecule has 2 heterocycles. The molecule has 0 saturated carbocycles. The second-order valence-electron chi connectivity index (χ2n) is 7.14. The summed E-state index contributed by atoms with van der Waals surface area (Å²) < 4.78 is 6.11. The van der Waals surface area contributed by atoms with Gasteiger partial charge in [-0.1, -0.05) is 53.6 Å². The van der Waals surface area contributed by atoms with Crippen LogP contribution in [0.5, 0.6) is 0 Å². The zero-order valence-electron chi connectivity index (χ0n) is 15.4. The van der Waals surface area contributed by atoms with Crippen molar-refractivity contribution in [2.24, 2.45) is 0 Å². The first-order valence-corrected chi connectivity index (χ1v) is 9.14. The van der Waals surface area contributed by atoms with Crippen molar-refractivity contribution in [3.05, 3.63) is 90.0 Å². The van der Waals surface area contributed by atoms with Crippen molar-refractivity contribution in [3.8, 4) is 22.6 Å². The van der Waals surface area contributed by atoms with Gasteiger partial charge in [0.15, 0.2) is 0 Å². The maximum absolute atomic E-state index is 6.11.